The highest BCUT2D eigenvalue weighted by molar-refractivity contribution is 4.90. The Morgan fingerprint density at radius 1 is 1.31 bits per heavy atom. The fourth-order valence-electron chi connectivity index (χ4n) is 3.36. The second kappa shape index (κ2) is 5.48. The largest absolute Gasteiger partial charge is 0.393 e. The monoisotopic (exact) mass is 226 g/mol. The summed E-state index contributed by atoms with van der Waals surface area (Å²) in [6.07, 6.45) is 6.05. The molecule has 2 saturated heterocycles. The maximum Gasteiger partial charge on any atom is 0.0526 e. The molecule has 0 radical (unpaired) electrons. The van der Waals surface area contributed by atoms with E-state index in [1.165, 1.54) is 38.8 Å². The first-order valence-electron chi connectivity index (χ1n) is 6.83. The van der Waals surface area contributed by atoms with Gasteiger partial charge in [0.15, 0.2) is 0 Å². The minimum atomic E-state index is -0.186. The van der Waals surface area contributed by atoms with Gasteiger partial charge in [-0.2, -0.15) is 0 Å². The molecule has 4 atom stereocenters. The molecule has 2 aliphatic rings. The van der Waals surface area contributed by atoms with E-state index in [4.69, 9.17) is 0 Å². The first-order valence-corrected chi connectivity index (χ1v) is 6.83. The lowest BCUT2D eigenvalue weighted by molar-refractivity contribution is 0.142. The fourth-order valence-corrected chi connectivity index (χ4v) is 3.36. The standard InChI is InChI=1S/C13H26N2O/c1-10(8-11(2)16)14-12-5-7-15-6-3-4-13(15)9-12/h10-14,16H,3-9H2,1-2H3. The predicted octanol–water partition coefficient (Wildman–Crippen LogP) is 1.36. The maximum absolute atomic E-state index is 9.35. The molecule has 0 saturated carbocycles. The zero-order valence-corrected chi connectivity index (χ0v) is 10.7. The summed E-state index contributed by atoms with van der Waals surface area (Å²) in [5.74, 6) is 0. The number of aliphatic hydroxyl groups is 1. The average Bonchev–Trinajstić information content (AvgIpc) is 2.63. The SMILES string of the molecule is CC(O)CC(C)NC1CCN2CCCC2C1. The van der Waals surface area contributed by atoms with Crippen molar-refractivity contribution in [3.05, 3.63) is 0 Å². The average molecular weight is 226 g/mol. The van der Waals surface area contributed by atoms with E-state index in [1.54, 1.807) is 0 Å². The summed E-state index contributed by atoms with van der Waals surface area (Å²) in [6, 6.07) is 1.95. The molecule has 3 heteroatoms. The molecule has 16 heavy (non-hydrogen) atoms. The van der Waals surface area contributed by atoms with Crippen LogP contribution in [-0.2, 0) is 0 Å². The Morgan fingerprint density at radius 3 is 2.88 bits per heavy atom. The number of aliphatic hydroxyl groups excluding tert-OH is 1. The summed E-state index contributed by atoms with van der Waals surface area (Å²) in [5.41, 5.74) is 0. The van der Waals surface area contributed by atoms with Crippen molar-refractivity contribution >= 4 is 0 Å². The van der Waals surface area contributed by atoms with Crippen LogP contribution in [0.3, 0.4) is 0 Å². The number of nitrogens with one attached hydrogen (secondary N) is 1. The molecule has 0 aromatic heterocycles. The topological polar surface area (TPSA) is 35.5 Å². The van der Waals surface area contributed by atoms with Gasteiger partial charge in [0.25, 0.3) is 0 Å². The van der Waals surface area contributed by atoms with Crippen LogP contribution in [0.25, 0.3) is 0 Å². The molecule has 2 heterocycles. The molecule has 2 rings (SSSR count). The summed E-state index contributed by atoms with van der Waals surface area (Å²) in [5, 5.41) is 13.0. The van der Waals surface area contributed by atoms with Crippen LogP contribution in [0.5, 0.6) is 0 Å². The van der Waals surface area contributed by atoms with Crippen molar-refractivity contribution < 1.29 is 5.11 Å². The van der Waals surface area contributed by atoms with Gasteiger partial charge in [0.2, 0.25) is 0 Å². The number of rotatable bonds is 4. The second-order valence-corrected chi connectivity index (χ2v) is 5.71. The predicted molar refractivity (Wildman–Crippen MR) is 66.5 cm³/mol. The van der Waals surface area contributed by atoms with E-state index in [-0.39, 0.29) is 6.10 Å². The van der Waals surface area contributed by atoms with E-state index >= 15 is 0 Å². The van der Waals surface area contributed by atoms with Crippen molar-refractivity contribution in [1.29, 1.82) is 0 Å². The van der Waals surface area contributed by atoms with E-state index in [0.717, 1.165) is 12.5 Å². The van der Waals surface area contributed by atoms with Crippen LogP contribution >= 0.6 is 0 Å². The Hall–Kier alpha value is -0.120. The van der Waals surface area contributed by atoms with Crippen LogP contribution in [0.2, 0.25) is 0 Å². The van der Waals surface area contributed by atoms with Crippen molar-refractivity contribution in [3.63, 3.8) is 0 Å². The summed E-state index contributed by atoms with van der Waals surface area (Å²) >= 11 is 0. The molecular weight excluding hydrogens is 200 g/mol. The fraction of sp³-hybridized carbons (Fsp3) is 1.00. The molecule has 0 aromatic carbocycles. The summed E-state index contributed by atoms with van der Waals surface area (Å²) < 4.78 is 0. The number of hydrogen-bond acceptors (Lipinski definition) is 3. The summed E-state index contributed by atoms with van der Waals surface area (Å²) in [7, 11) is 0. The number of fused-ring (bicyclic) bond motifs is 1. The lowest BCUT2D eigenvalue weighted by atomic mass is 9.96. The number of nitrogens with zero attached hydrogens (tertiary/aromatic N) is 1. The Kier molecular flexibility index (Phi) is 4.22. The van der Waals surface area contributed by atoms with Crippen LogP contribution < -0.4 is 5.32 Å². The van der Waals surface area contributed by atoms with Gasteiger partial charge in [0.05, 0.1) is 6.10 Å². The first kappa shape index (κ1) is 12.3. The second-order valence-electron chi connectivity index (χ2n) is 5.71. The van der Waals surface area contributed by atoms with Gasteiger partial charge < -0.3 is 15.3 Å². The van der Waals surface area contributed by atoms with Gasteiger partial charge in [-0.25, -0.2) is 0 Å². The molecule has 4 unspecified atom stereocenters. The lowest BCUT2D eigenvalue weighted by Crippen LogP contribution is -2.48. The quantitative estimate of drug-likeness (QED) is 0.760. The highest BCUT2D eigenvalue weighted by Gasteiger charge is 2.31. The van der Waals surface area contributed by atoms with Gasteiger partial charge in [0, 0.05) is 18.1 Å². The van der Waals surface area contributed by atoms with E-state index in [9.17, 15) is 5.11 Å². The normalized spacial score (nSPS) is 34.7. The molecule has 0 spiro atoms. The molecule has 0 aromatic rings. The maximum atomic E-state index is 9.35. The van der Waals surface area contributed by atoms with Crippen LogP contribution in [0.4, 0.5) is 0 Å². The zero-order chi connectivity index (χ0) is 11.5. The number of piperidine rings is 1. The third-order valence-corrected chi connectivity index (χ3v) is 4.04. The Morgan fingerprint density at radius 2 is 2.12 bits per heavy atom. The molecule has 0 aliphatic carbocycles. The Balaban J connectivity index is 1.74. The summed E-state index contributed by atoms with van der Waals surface area (Å²) in [6.45, 7) is 6.65. The molecule has 0 bridgehead atoms. The first-order chi connectivity index (χ1) is 7.65. The molecule has 94 valence electrons. The lowest BCUT2D eigenvalue weighted by Gasteiger charge is -2.36. The van der Waals surface area contributed by atoms with Gasteiger partial charge in [-0.3, -0.25) is 0 Å². The minimum Gasteiger partial charge on any atom is -0.393 e. The van der Waals surface area contributed by atoms with Crippen molar-refractivity contribution in [1.82, 2.24) is 10.2 Å². The van der Waals surface area contributed by atoms with E-state index < -0.39 is 0 Å². The van der Waals surface area contributed by atoms with Gasteiger partial charge in [-0.1, -0.05) is 0 Å². The highest BCUT2D eigenvalue weighted by Crippen LogP contribution is 2.27. The van der Waals surface area contributed by atoms with E-state index in [0.29, 0.717) is 12.1 Å². The smallest absolute Gasteiger partial charge is 0.0526 e. The van der Waals surface area contributed by atoms with Crippen molar-refractivity contribution in [2.45, 2.75) is 70.2 Å². The van der Waals surface area contributed by atoms with Crippen molar-refractivity contribution in [3.8, 4) is 0 Å². The van der Waals surface area contributed by atoms with Crippen molar-refractivity contribution in [2.75, 3.05) is 13.1 Å². The van der Waals surface area contributed by atoms with Gasteiger partial charge >= 0.3 is 0 Å². The van der Waals surface area contributed by atoms with Crippen LogP contribution in [0, 0.1) is 0 Å². The van der Waals surface area contributed by atoms with Gasteiger partial charge in [-0.05, 0) is 59.0 Å². The third-order valence-electron chi connectivity index (χ3n) is 4.04. The minimum absolute atomic E-state index is 0.186. The van der Waals surface area contributed by atoms with Crippen molar-refractivity contribution in [2.24, 2.45) is 0 Å². The van der Waals surface area contributed by atoms with Crippen LogP contribution in [0.15, 0.2) is 0 Å². The van der Waals surface area contributed by atoms with E-state index in [1.807, 2.05) is 6.92 Å². The summed E-state index contributed by atoms with van der Waals surface area (Å²) in [4.78, 5) is 2.65. The molecule has 2 aliphatic heterocycles. The third kappa shape index (κ3) is 3.19. The van der Waals surface area contributed by atoms with Gasteiger partial charge in [0.1, 0.15) is 0 Å². The van der Waals surface area contributed by atoms with E-state index in [2.05, 4.69) is 17.1 Å². The zero-order valence-electron chi connectivity index (χ0n) is 10.7. The molecule has 2 fully saturated rings. The van der Waals surface area contributed by atoms with Crippen LogP contribution in [0.1, 0.15) is 46.0 Å². The van der Waals surface area contributed by atoms with Gasteiger partial charge in [-0.15, -0.1) is 0 Å². The number of hydrogen-bond donors (Lipinski definition) is 2. The molecule has 3 nitrogen and oxygen atoms in total. The molecule has 0 amide bonds. The molecule has 2 N–H and O–H groups in total. The Labute approximate surface area is 99.2 Å². The Bertz CT molecular complexity index is 220. The molecular formula is C13H26N2O. The highest BCUT2D eigenvalue weighted by atomic mass is 16.3. The van der Waals surface area contributed by atoms with Crippen LogP contribution in [-0.4, -0.2) is 47.3 Å².